The summed E-state index contributed by atoms with van der Waals surface area (Å²) < 4.78 is 0.576. The molecule has 0 aliphatic heterocycles. The summed E-state index contributed by atoms with van der Waals surface area (Å²) in [4.78, 5) is 34.7. The van der Waals surface area contributed by atoms with Crippen LogP contribution in [0.4, 0.5) is 11.4 Å². The van der Waals surface area contributed by atoms with Crippen LogP contribution in [0.25, 0.3) is 0 Å². The van der Waals surface area contributed by atoms with E-state index in [9.17, 15) is 25.0 Å². The highest BCUT2D eigenvalue weighted by atomic mass is 35.5. The zero-order valence-electron chi connectivity index (χ0n) is 11.8. The Balaban J connectivity index is 2.30. The van der Waals surface area contributed by atoms with Gasteiger partial charge in [-0.05, 0) is 12.1 Å². The fourth-order valence-electron chi connectivity index (χ4n) is 1.89. The SMILES string of the molecule is CN(Cc1ccc(Cl)s1)C(=O)c1cc([N+](=O)[O-])cc([N+](=O)[O-])c1. The van der Waals surface area contributed by atoms with Crippen LogP contribution in [0.2, 0.25) is 4.34 Å². The summed E-state index contributed by atoms with van der Waals surface area (Å²) in [5.41, 5.74) is -1.12. The van der Waals surface area contributed by atoms with Gasteiger partial charge in [-0.25, -0.2) is 0 Å². The quantitative estimate of drug-likeness (QED) is 0.602. The molecule has 2 aromatic rings. The molecule has 0 radical (unpaired) electrons. The number of nitro groups is 2. The number of carbonyl (C=O) groups is 1. The summed E-state index contributed by atoms with van der Waals surface area (Å²) in [5.74, 6) is -0.554. The molecule has 1 amide bonds. The van der Waals surface area contributed by atoms with Gasteiger partial charge in [0.1, 0.15) is 0 Å². The molecule has 2 rings (SSSR count). The molecule has 0 atom stereocenters. The number of nitro benzene ring substituents is 2. The highest BCUT2D eigenvalue weighted by Crippen LogP contribution is 2.25. The third-order valence-electron chi connectivity index (χ3n) is 2.94. The minimum absolute atomic E-state index is 0.115. The van der Waals surface area contributed by atoms with E-state index in [1.54, 1.807) is 12.1 Å². The van der Waals surface area contributed by atoms with Crippen molar-refractivity contribution in [3.05, 3.63) is 65.3 Å². The van der Waals surface area contributed by atoms with Crippen molar-refractivity contribution in [1.29, 1.82) is 0 Å². The summed E-state index contributed by atoms with van der Waals surface area (Å²) in [6, 6.07) is 6.31. The van der Waals surface area contributed by atoms with Gasteiger partial charge in [-0.3, -0.25) is 25.0 Å². The van der Waals surface area contributed by atoms with Gasteiger partial charge in [0, 0.05) is 24.1 Å². The van der Waals surface area contributed by atoms with Crippen molar-refractivity contribution < 1.29 is 14.6 Å². The molecule has 0 spiro atoms. The highest BCUT2D eigenvalue weighted by molar-refractivity contribution is 7.16. The van der Waals surface area contributed by atoms with Crippen LogP contribution in [0, 0.1) is 20.2 Å². The molecular formula is C13H10ClN3O5S. The zero-order chi connectivity index (χ0) is 17.1. The number of halogens is 1. The van der Waals surface area contributed by atoms with Gasteiger partial charge in [0.2, 0.25) is 0 Å². The molecule has 1 aromatic carbocycles. The Morgan fingerprint density at radius 3 is 2.17 bits per heavy atom. The van der Waals surface area contributed by atoms with Crippen molar-refractivity contribution in [2.45, 2.75) is 6.54 Å². The largest absolute Gasteiger partial charge is 0.337 e. The maximum atomic E-state index is 12.4. The molecule has 10 heteroatoms. The lowest BCUT2D eigenvalue weighted by atomic mass is 10.1. The van der Waals surface area contributed by atoms with Crippen LogP contribution in [0.1, 0.15) is 15.2 Å². The molecule has 0 saturated heterocycles. The number of hydrogen-bond donors (Lipinski definition) is 0. The summed E-state index contributed by atoms with van der Waals surface area (Å²) >= 11 is 7.12. The monoisotopic (exact) mass is 355 g/mol. The minimum atomic E-state index is -0.775. The number of nitrogens with zero attached hydrogens (tertiary/aromatic N) is 3. The van der Waals surface area contributed by atoms with Crippen LogP contribution in [0.5, 0.6) is 0 Å². The van der Waals surface area contributed by atoms with Gasteiger partial charge in [0.25, 0.3) is 17.3 Å². The number of rotatable bonds is 5. The average Bonchev–Trinajstić information content (AvgIpc) is 2.90. The molecule has 0 saturated carbocycles. The van der Waals surface area contributed by atoms with Gasteiger partial charge in [-0.2, -0.15) is 0 Å². The summed E-state index contributed by atoms with van der Waals surface area (Å²) in [7, 11) is 1.50. The lowest BCUT2D eigenvalue weighted by Crippen LogP contribution is -2.25. The summed E-state index contributed by atoms with van der Waals surface area (Å²) in [6.45, 7) is 0.243. The van der Waals surface area contributed by atoms with Crippen LogP contribution in [0.15, 0.2) is 30.3 Å². The second-order valence-electron chi connectivity index (χ2n) is 4.62. The van der Waals surface area contributed by atoms with E-state index in [1.807, 2.05) is 0 Å². The van der Waals surface area contributed by atoms with E-state index < -0.39 is 27.1 Å². The van der Waals surface area contributed by atoms with Gasteiger partial charge in [0.15, 0.2) is 0 Å². The lowest BCUT2D eigenvalue weighted by molar-refractivity contribution is -0.394. The second kappa shape index (κ2) is 6.71. The van der Waals surface area contributed by atoms with E-state index in [1.165, 1.54) is 23.3 Å². The Labute approximate surface area is 139 Å². The lowest BCUT2D eigenvalue weighted by Gasteiger charge is -2.16. The molecule has 0 N–H and O–H groups in total. The van der Waals surface area contributed by atoms with Crippen LogP contribution in [-0.2, 0) is 6.54 Å². The highest BCUT2D eigenvalue weighted by Gasteiger charge is 2.22. The fraction of sp³-hybridized carbons (Fsp3) is 0.154. The van der Waals surface area contributed by atoms with Crippen molar-refractivity contribution in [1.82, 2.24) is 4.90 Å². The summed E-state index contributed by atoms with van der Waals surface area (Å²) in [5, 5.41) is 21.7. The van der Waals surface area contributed by atoms with E-state index >= 15 is 0 Å². The topological polar surface area (TPSA) is 107 Å². The van der Waals surface area contributed by atoms with Crippen LogP contribution < -0.4 is 0 Å². The van der Waals surface area contributed by atoms with Crippen molar-refractivity contribution >= 4 is 40.2 Å². The zero-order valence-corrected chi connectivity index (χ0v) is 13.3. The molecule has 0 aliphatic rings. The van der Waals surface area contributed by atoms with E-state index in [0.717, 1.165) is 23.1 Å². The third-order valence-corrected chi connectivity index (χ3v) is 4.16. The first-order valence-electron chi connectivity index (χ1n) is 6.21. The van der Waals surface area contributed by atoms with Gasteiger partial charge in [-0.1, -0.05) is 11.6 Å². The van der Waals surface area contributed by atoms with E-state index in [0.29, 0.717) is 4.34 Å². The predicted molar refractivity (Wildman–Crippen MR) is 84.9 cm³/mol. The van der Waals surface area contributed by atoms with Crippen LogP contribution >= 0.6 is 22.9 Å². The maximum absolute atomic E-state index is 12.4. The van der Waals surface area contributed by atoms with Gasteiger partial charge in [0.05, 0.1) is 32.4 Å². The molecule has 1 heterocycles. The Morgan fingerprint density at radius 2 is 1.74 bits per heavy atom. The van der Waals surface area contributed by atoms with Crippen molar-refractivity contribution in [2.75, 3.05) is 7.05 Å². The van der Waals surface area contributed by atoms with Gasteiger partial charge >= 0.3 is 0 Å². The molecular weight excluding hydrogens is 346 g/mol. The van der Waals surface area contributed by atoms with E-state index in [4.69, 9.17) is 11.6 Å². The standard InChI is InChI=1S/C13H10ClN3O5S/c1-15(7-11-2-3-12(14)23-11)13(18)8-4-9(16(19)20)6-10(5-8)17(21)22/h2-6H,7H2,1H3. The Bertz CT molecular complexity index is 759. The molecule has 23 heavy (non-hydrogen) atoms. The molecule has 1 aromatic heterocycles. The smallest absolute Gasteiger partial charge is 0.277 e. The third kappa shape index (κ3) is 4.02. The Kier molecular flexibility index (Phi) is 4.92. The number of amides is 1. The summed E-state index contributed by atoms with van der Waals surface area (Å²) in [6.07, 6.45) is 0. The maximum Gasteiger partial charge on any atom is 0.277 e. The molecule has 0 fully saturated rings. The van der Waals surface area contributed by atoms with Gasteiger partial charge in [-0.15, -0.1) is 11.3 Å². The fourth-order valence-corrected chi connectivity index (χ4v) is 3.03. The number of carbonyl (C=O) groups excluding carboxylic acids is 1. The van der Waals surface area contributed by atoms with Crippen molar-refractivity contribution in [3.8, 4) is 0 Å². The predicted octanol–water partition coefficient (Wildman–Crippen LogP) is 3.49. The first-order chi connectivity index (χ1) is 10.8. The minimum Gasteiger partial charge on any atom is -0.337 e. The van der Waals surface area contributed by atoms with E-state index in [-0.39, 0.29) is 12.1 Å². The van der Waals surface area contributed by atoms with E-state index in [2.05, 4.69) is 0 Å². The number of non-ortho nitro benzene ring substituents is 2. The molecule has 8 nitrogen and oxygen atoms in total. The first kappa shape index (κ1) is 16.8. The Hall–Kier alpha value is -2.52. The molecule has 0 aliphatic carbocycles. The normalized spacial score (nSPS) is 10.3. The second-order valence-corrected chi connectivity index (χ2v) is 6.42. The van der Waals surface area contributed by atoms with Crippen LogP contribution in [-0.4, -0.2) is 27.7 Å². The number of thiophene rings is 1. The molecule has 0 bridgehead atoms. The molecule has 0 unspecified atom stereocenters. The average molecular weight is 356 g/mol. The molecule has 120 valence electrons. The van der Waals surface area contributed by atoms with Gasteiger partial charge < -0.3 is 4.90 Å². The number of benzene rings is 1. The van der Waals surface area contributed by atoms with Crippen molar-refractivity contribution in [2.24, 2.45) is 0 Å². The van der Waals surface area contributed by atoms with Crippen molar-refractivity contribution in [3.63, 3.8) is 0 Å². The Morgan fingerprint density at radius 1 is 1.17 bits per heavy atom. The first-order valence-corrected chi connectivity index (χ1v) is 7.41. The number of hydrogen-bond acceptors (Lipinski definition) is 6. The van der Waals surface area contributed by atoms with Crippen LogP contribution in [0.3, 0.4) is 0 Å².